The lowest BCUT2D eigenvalue weighted by Crippen LogP contribution is -2.38. The van der Waals surface area contributed by atoms with Crippen molar-refractivity contribution in [3.8, 4) is 0 Å². The molecule has 0 spiro atoms. The molecule has 0 atom stereocenters. The number of hydrogen-bond acceptors (Lipinski definition) is 4. The molecule has 1 aromatic heterocycles. The zero-order chi connectivity index (χ0) is 13.9. The van der Waals surface area contributed by atoms with E-state index in [9.17, 15) is 4.79 Å². The summed E-state index contributed by atoms with van der Waals surface area (Å²) in [5.74, 6) is 0.821. The van der Waals surface area contributed by atoms with E-state index in [1.54, 1.807) is 0 Å². The van der Waals surface area contributed by atoms with Crippen LogP contribution in [0.25, 0.3) is 0 Å². The molecule has 0 aliphatic carbocycles. The van der Waals surface area contributed by atoms with E-state index in [1.807, 2.05) is 32.3 Å². The summed E-state index contributed by atoms with van der Waals surface area (Å²) < 4.78 is 0. The predicted molar refractivity (Wildman–Crippen MR) is 77.4 cm³/mol. The zero-order valence-corrected chi connectivity index (χ0v) is 11.6. The van der Waals surface area contributed by atoms with Crippen molar-refractivity contribution in [1.29, 1.82) is 0 Å². The van der Waals surface area contributed by atoms with Gasteiger partial charge in [0.15, 0.2) is 0 Å². The molecular weight excluding hydrogens is 242 g/mol. The van der Waals surface area contributed by atoms with Crippen LogP contribution >= 0.6 is 0 Å². The standard InChI is InChI=1S/C13H23N5O/c1-11-4-5-12(18-10-11)15-8-9-17-13(19)16-7-3-6-14-2/h4-5,10,14H,3,6-9H2,1-2H3,(H,15,18)(H2,16,17,19). The number of aryl methyl sites for hydroxylation is 1. The van der Waals surface area contributed by atoms with Crippen molar-refractivity contribution >= 4 is 11.8 Å². The maximum Gasteiger partial charge on any atom is 0.314 e. The fourth-order valence-corrected chi connectivity index (χ4v) is 1.47. The monoisotopic (exact) mass is 265 g/mol. The number of pyridine rings is 1. The molecule has 1 heterocycles. The van der Waals surface area contributed by atoms with Crippen LogP contribution in [0, 0.1) is 6.92 Å². The van der Waals surface area contributed by atoms with Crippen LogP contribution in [0.3, 0.4) is 0 Å². The number of anilines is 1. The van der Waals surface area contributed by atoms with Crippen molar-refractivity contribution in [2.75, 3.05) is 38.5 Å². The van der Waals surface area contributed by atoms with Crippen LogP contribution in [-0.2, 0) is 0 Å². The molecule has 0 radical (unpaired) electrons. The number of amides is 2. The first-order valence-electron chi connectivity index (χ1n) is 6.55. The molecule has 0 saturated heterocycles. The molecule has 0 fully saturated rings. The minimum atomic E-state index is -0.130. The van der Waals surface area contributed by atoms with Crippen molar-refractivity contribution in [3.05, 3.63) is 23.9 Å². The quantitative estimate of drug-likeness (QED) is 0.522. The van der Waals surface area contributed by atoms with Gasteiger partial charge in [-0.2, -0.15) is 0 Å². The molecule has 2 amide bonds. The maximum absolute atomic E-state index is 11.4. The van der Waals surface area contributed by atoms with Crippen molar-refractivity contribution < 1.29 is 4.79 Å². The van der Waals surface area contributed by atoms with E-state index < -0.39 is 0 Å². The van der Waals surface area contributed by atoms with Crippen molar-refractivity contribution in [2.45, 2.75) is 13.3 Å². The van der Waals surface area contributed by atoms with Crippen molar-refractivity contribution in [1.82, 2.24) is 20.9 Å². The molecule has 0 saturated carbocycles. The Morgan fingerprint density at radius 3 is 2.63 bits per heavy atom. The van der Waals surface area contributed by atoms with Crippen molar-refractivity contribution in [3.63, 3.8) is 0 Å². The van der Waals surface area contributed by atoms with Gasteiger partial charge in [-0.3, -0.25) is 0 Å². The predicted octanol–water partition coefficient (Wildman–Crippen LogP) is 0.711. The van der Waals surface area contributed by atoms with Gasteiger partial charge in [0.2, 0.25) is 0 Å². The van der Waals surface area contributed by atoms with E-state index in [1.165, 1.54) is 0 Å². The molecule has 1 aromatic rings. The minimum Gasteiger partial charge on any atom is -0.368 e. The highest BCUT2D eigenvalue weighted by molar-refractivity contribution is 5.73. The number of rotatable bonds is 8. The highest BCUT2D eigenvalue weighted by Gasteiger charge is 1.98. The highest BCUT2D eigenvalue weighted by atomic mass is 16.2. The summed E-state index contributed by atoms with van der Waals surface area (Å²) in [6.45, 7) is 4.80. The van der Waals surface area contributed by atoms with Crippen LogP contribution < -0.4 is 21.3 Å². The molecule has 0 bridgehead atoms. The smallest absolute Gasteiger partial charge is 0.314 e. The van der Waals surface area contributed by atoms with Crippen LogP contribution in [0.4, 0.5) is 10.6 Å². The maximum atomic E-state index is 11.4. The number of aromatic nitrogens is 1. The fraction of sp³-hybridized carbons (Fsp3) is 0.538. The number of nitrogens with one attached hydrogen (secondary N) is 4. The summed E-state index contributed by atoms with van der Waals surface area (Å²) in [5, 5.41) is 11.7. The Labute approximate surface area is 114 Å². The molecule has 6 nitrogen and oxygen atoms in total. The first-order chi connectivity index (χ1) is 9.22. The third-order valence-electron chi connectivity index (χ3n) is 2.52. The van der Waals surface area contributed by atoms with Gasteiger partial charge >= 0.3 is 6.03 Å². The van der Waals surface area contributed by atoms with E-state index in [0.717, 1.165) is 24.3 Å². The number of urea groups is 1. The first kappa shape index (κ1) is 15.2. The Hall–Kier alpha value is -1.82. The third-order valence-corrected chi connectivity index (χ3v) is 2.52. The lowest BCUT2D eigenvalue weighted by atomic mass is 10.3. The summed E-state index contributed by atoms with van der Waals surface area (Å²) in [7, 11) is 1.89. The number of carbonyl (C=O) groups excluding carboxylic acids is 1. The average Bonchev–Trinajstić information content (AvgIpc) is 2.42. The number of carbonyl (C=O) groups is 1. The van der Waals surface area contributed by atoms with Gasteiger partial charge in [-0.1, -0.05) is 6.07 Å². The van der Waals surface area contributed by atoms with Crippen LogP contribution in [-0.4, -0.2) is 44.2 Å². The Balaban J connectivity index is 2.03. The second-order valence-corrected chi connectivity index (χ2v) is 4.29. The molecule has 0 aromatic carbocycles. The second kappa shape index (κ2) is 9.16. The van der Waals surface area contributed by atoms with Crippen LogP contribution in [0.2, 0.25) is 0 Å². The first-order valence-corrected chi connectivity index (χ1v) is 6.55. The van der Waals surface area contributed by atoms with Crippen LogP contribution in [0.15, 0.2) is 18.3 Å². The van der Waals surface area contributed by atoms with Crippen LogP contribution in [0.1, 0.15) is 12.0 Å². The average molecular weight is 265 g/mol. The number of nitrogens with zero attached hydrogens (tertiary/aromatic N) is 1. The SMILES string of the molecule is CNCCCNC(=O)NCCNc1ccc(C)cn1. The largest absolute Gasteiger partial charge is 0.368 e. The molecule has 106 valence electrons. The van der Waals surface area contributed by atoms with E-state index in [4.69, 9.17) is 0 Å². The zero-order valence-electron chi connectivity index (χ0n) is 11.6. The summed E-state index contributed by atoms with van der Waals surface area (Å²) in [6, 6.07) is 3.79. The third kappa shape index (κ3) is 7.25. The topological polar surface area (TPSA) is 78.1 Å². The van der Waals surface area contributed by atoms with Gasteiger partial charge in [-0.15, -0.1) is 0 Å². The molecule has 0 unspecified atom stereocenters. The van der Waals surface area contributed by atoms with E-state index in [2.05, 4.69) is 26.3 Å². The highest BCUT2D eigenvalue weighted by Crippen LogP contribution is 2.02. The van der Waals surface area contributed by atoms with E-state index in [-0.39, 0.29) is 6.03 Å². The Kier molecular flexibility index (Phi) is 7.34. The fourth-order valence-electron chi connectivity index (χ4n) is 1.47. The van der Waals surface area contributed by atoms with Gasteiger partial charge in [0, 0.05) is 25.8 Å². The summed E-state index contributed by atoms with van der Waals surface area (Å²) in [5.41, 5.74) is 1.13. The molecule has 0 aliphatic rings. The van der Waals surface area contributed by atoms with Gasteiger partial charge < -0.3 is 21.3 Å². The second-order valence-electron chi connectivity index (χ2n) is 4.29. The van der Waals surface area contributed by atoms with Gasteiger partial charge in [-0.05, 0) is 38.6 Å². The van der Waals surface area contributed by atoms with Gasteiger partial charge in [-0.25, -0.2) is 9.78 Å². The summed E-state index contributed by atoms with van der Waals surface area (Å²) in [6.07, 6.45) is 2.74. The van der Waals surface area contributed by atoms with E-state index >= 15 is 0 Å². The van der Waals surface area contributed by atoms with E-state index in [0.29, 0.717) is 19.6 Å². The Morgan fingerprint density at radius 1 is 1.16 bits per heavy atom. The normalized spacial score (nSPS) is 10.0. The van der Waals surface area contributed by atoms with Gasteiger partial charge in [0.1, 0.15) is 5.82 Å². The molecular formula is C13H23N5O. The Morgan fingerprint density at radius 2 is 1.95 bits per heavy atom. The lowest BCUT2D eigenvalue weighted by Gasteiger charge is -2.08. The molecule has 4 N–H and O–H groups in total. The molecule has 19 heavy (non-hydrogen) atoms. The molecule has 6 heteroatoms. The minimum absolute atomic E-state index is 0.130. The molecule has 0 aliphatic heterocycles. The van der Waals surface area contributed by atoms with Crippen LogP contribution in [0.5, 0.6) is 0 Å². The van der Waals surface area contributed by atoms with Gasteiger partial charge in [0.25, 0.3) is 0 Å². The lowest BCUT2D eigenvalue weighted by molar-refractivity contribution is 0.241. The number of hydrogen-bond donors (Lipinski definition) is 4. The summed E-state index contributed by atoms with van der Waals surface area (Å²) >= 11 is 0. The van der Waals surface area contributed by atoms with Gasteiger partial charge in [0.05, 0.1) is 0 Å². The molecule has 1 rings (SSSR count). The van der Waals surface area contributed by atoms with Crippen molar-refractivity contribution in [2.24, 2.45) is 0 Å². The summed E-state index contributed by atoms with van der Waals surface area (Å²) in [4.78, 5) is 15.6. The Bertz CT molecular complexity index is 366.